The Labute approximate surface area is 200 Å². The van der Waals surface area contributed by atoms with Crippen LogP contribution in [0.3, 0.4) is 0 Å². The molecule has 0 saturated heterocycles. The zero-order valence-electron chi connectivity index (χ0n) is 18.9. The molecule has 0 radical (unpaired) electrons. The van der Waals surface area contributed by atoms with Crippen LogP contribution in [0.25, 0.3) is 17.0 Å². The molecule has 4 nitrogen and oxygen atoms in total. The molecule has 2 N–H and O–H groups in total. The Kier molecular flexibility index (Phi) is 6.57. The van der Waals surface area contributed by atoms with Gasteiger partial charge in [0.1, 0.15) is 0 Å². The lowest BCUT2D eigenvalue weighted by atomic mass is 9.88. The van der Waals surface area contributed by atoms with Crippen molar-refractivity contribution in [2.45, 2.75) is 64.0 Å². The molecule has 0 aliphatic heterocycles. The van der Waals surface area contributed by atoms with Crippen LogP contribution in [-0.4, -0.2) is 15.6 Å². The minimum Gasteiger partial charge on any atom is -0.388 e. The monoisotopic (exact) mass is 462 g/mol. The van der Waals surface area contributed by atoms with Crippen molar-refractivity contribution in [2.24, 2.45) is 5.92 Å². The van der Waals surface area contributed by atoms with Gasteiger partial charge in [0.15, 0.2) is 0 Å². The number of benzene rings is 2. The van der Waals surface area contributed by atoms with Crippen LogP contribution in [0, 0.1) is 5.92 Å². The van der Waals surface area contributed by atoms with E-state index in [9.17, 15) is 9.90 Å². The van der Waals surface area contributed by atoms with Gasteiger partial charge in [-0.1, -0.05) is 43.0 Å². The van der Waals surface area contributed by atoms with Gasteiger partial charge in [0.2, 0.25) is 5.91 Å². The number of hydrogen-bond donors (Lipinski definition) is 2. The second-order valence-electron chi connectivity index (χ2n) is 9.49. The van der Waals surface area contributed by atoms with Gasteiger partial charge >= 0.3 is 0 Å². The number of rotatable bonds is 5. The van der Waals surface area contributed by atoms with Crippen molar-refractivity contribution in [2.75, 3.05) is 5.32 Å². The van der Waals surface area contributed by atoms with E-state index in [0.717, 1.165) is 64.2 Å². The number of aliphatic hydroxyl groups excluding tert-OH is 1. The predicted octanol–water partition coefficient (Wildman–Crippen LogP) is 6.90. The summed E-state index contributed by atoms with van der Waals surface area (Å²) in [4.78, 5) is 12.8. The zero-order chi connectivity index (χ0) is 22.8. The Morgan fingerprint density at radius 1 is 1.09 bits per heavy atom. The summed E-state index contributed by atoms with van der Waals surface area (Å²) < 4.78 is 2.34. The molecule has 2 aliphatic carbocycles. The molecule has 0 bridgehead atoms. The fourth-order valence-electron chi connectivity index (χ4n) is 5.51. The highest BCUT2D eigenvalue weighted by molar-refractivity contribution is 6.31. The number of halogens is 1. The van der Waals surface area contributed by atoms with E-state index in [-0.39, 0.29) is 5.91 Å². The molecule has 33 heavy (non-hydrogen) atoms. The first-order valence-corrected chi connectivity index (χ1v) is 12.5. The number of carbonyl (C=O) groups is 1. The highest BCUT2D eigenvalue weighted by Crippen LogP contribution is 2.34. The predicted molar refractivity (Wildman–Crippen MR) is 136 cm³/mol. The third-order valence-electron chi connectivity index (χ3n) is 7.20. The Hall–Kier alpha value is -2.56. The first-order valence-electron chi connectivity index (χ1n) is 12.2. The Morgan fingerprint density at radius 3 is 2.79 bits per heavy atom. The minimum absolute atomic E-state index is 0.157. The molecule has 5 rings (SSSR count). The first-order chi connectivity index (χ1) is 16.1. The van der Waals surface area contributed by atoms with Crippen molar-refractivity contribution in [1.29, 1.82) is 0 Å². The number of nitrogens with zero attached hydrogens (tertiary/aromatic N) is 1. The summed E-state index contributed by atoms with van der Waals surface area (Å²) in [6.45, 7) is 0.969. The molecule has 2 aliphatic rings. The topological polar surface area (TPSA) is 54.3 Å². The van der Waals surface area contributed by atoms with E-state index in [0.29, 0.717) is 5.92 Å². The second-order valence-corrected chi connectivity index (χ2v) is 9.93. The maximum atomic E-state index is 12.8. The molecule has 172 valence electrons. The van der Waals surface area contributed by atoms with Gasteiger partial charge in [-0.3, -0.25) is 4.79 Å². The van der Waals surface area contributed by atoms with E-state index >= 15 is 0 Å². The molecule has 1 atom stereocenters. The summed E-state index contributed by atoms with van der Waals surface area (Å²) in [5, 5.41) is 15.1. The number of aliphatic hydroxyl groups is 1. The van der Waals surface area contributed by atoms with Crippen molar-refractivity contribution in [1.82, 2.24) is 4.57 Å². The van der Waals surface area contributed by atoms with Crippen LogP contribution in [-0.2, 0) is 17.8 Å². The first kappa shape index (κ1) is 22.2. The molecule has 3 aromatic rings. The van der Waals surface area contributed by atoms with E-state index in [1.165, 1.54) is 32.1 Å². The molecular weight excluding hydrogens is 432 g/mol. The number of hydrogen-bond acceptors (Lipinski definition) is 2. The van der Waals surface area contributed by atoms with Gasteiger partial charge in [0.05, 0.1) is 6.10 Å². The van der Waals surface area contributed by atoms with Crippen LogP contribution >= 0.6 is 11.6 Å². The van der Waals surface area contributed by atoms with Gasteiger partial charge in [0, 0.05) is 39.9 Å². The van der Waals surface area contributed by atoms with Gasteiger partial charge in [-0.2, -0.15) is 0 Å². The standard InChI is InChI=1S/C28H31ClN2O2/c29-21-12-14-26-20(16-21)17-22(31(26)18-19-6-2-1-3-7-19)13-15-28(33)30-25-10-4-9-24-23(25)8-5-11-27(24)32/h4,9-10,12-17,19,27,32H,1-3,5-8,11,18H2,(H,30,33)/b15-13+. The van der Waals surface area contributed by atoms with Crippen LogP contribution < -0.4 is 5.32 Å². The lowest BCUT2D eigenvalue weighted by Crippen LogP contribution is -2.16. The Balaban J connectivity index is 1.39. The van der Waals surface area contributed by atoms with E-state index in [4.69, 9.17) is 11.6 Å². The molecular formula is C28H31ClN2O2. The average molecular weight is 463 g/mol. The van der Waals surface area contributed by atoms with E-state index < -0.39 is 6.10 Å². The molecule has 1 heterocycles. The summed E-state index contributed by atoms with van der Waals surface area (Å²) in [6.07, 6.45) is 12.2. The average Bonchev–Trinajstić information content (AvgIpc) is 3.15. The quantitative estimate of drug-likeness (QED) is 0.405. The largest absolute Gasteiger partial charge is 0.388 e. The van der Waals surface area contributed by atoms with Gasteiger partial charge in [-0.15, -0.1) is 0 Å². The van der Waals surface area contributed by atoms with Gasteiger partial charge in [0.25, 0.3) is 0 Å². The summed E-state index contributed by atoms with van der Waals surface area (Å²) in [7, 11) is 0. The molecule has 5 heteroatoms. The number of aromatic nitrogens is 1. The van der Waals surface area contributed by atoms with Crippen molar-refractivity contribution in [3.05, 3.63) is 70.4 Å². The molecule has 1 saturated carbocycles. The highest BCUT2D eigenvalue weighted by atomic mass is 35.5. The molecule has 1 aromatic heterocycles. The van der Waals surface area contributed by atoms with Gasteiger partial charge in [-0.05, 0) is 85.6 Å². The molecule has 2 aromatic carbocycles. The number of amides is 1. The molecule has 1 unspecified atom stereocenters. The van der Waals surface area contributed by atoms with Gasteiger partial charge < -0.3 is 15.0 Å². The van der Waals surface area contributed by atoms with Crippen molar-refractivity contribution < 1.29 is 9.90 Å². The van der Waals surface area contributed by atoms with Gasteiger partial charge in [-0.25, -0.2) is 0 Å². The number of nitrogens with one attached hydrogen (secondary N) is 1. The lowest BCUT2D eigenvalue weighted by Gasteiger charge is -2.23. The SMILES string of the molecule is O=C(/C=C/c1cc2cc(Cl)ccc2n1CC1CCCCC1)Nc1cccc2c1CCCC2O. The van der Waals surface area contributed by atoms with Crippen LogP contribution in [0.5, 0.6) is 0 Å². The molecule has 0 spiro atoms. The van der Waals surface area contributed by atoms with E-state index in [1.807, 2.05) is 36.4 Å². The zero-order valence-corrected chi connectivity index (χ0v) is 19.7. The lowest BCUT2D eigenvalue weighted by molar-refractivity contribution is -0.111. The maximum Gasteiger partial charge on any atom is 0.248 e. The molecule has 1 fully saturated rings. The third kappa shape index (κ3) is 4.87. The highest BCUT2D eigenvalue weighted by Gasteiger charge is 2.21. The van der Waals surface area contributed by atoms with Crippen LogP contribution in [0.2, 0.25) is 5.02 Å². The normalized spacial score (nSPS) is 19.2. The molecule has 1 amide bonds. The number of anilines is 1. The summed E-state index contributed by atoms with van der Waals surface area (Å²) in [5.41, 5.74) is 4.98. The Bertz CT molecular complexity index is 1190. The fraction of sp³-hybridized carbons (Fsp3) is 0.393. The number of carbonyl (C=O) groups excluding carboxylic acids is 1. The summed E-state index contributed by atoms with van der Waals surface area (Å²) in [6, 6.07) is 13.9. The maximum absolute atomic E-state index is 12.8. The van der Waals surface area contributed by atoms with E-state index in [1.54, 1.807) is 6.08 Å². The van der Waals surface area contributed by atoms with Crippen molar-refractivity contribution >= 4 is 40.2 Å². The second kappa shape index (κ2) is 9.74. The fourth-order valence-corrected chi connectivity index (χ4v) is 5.69. The number of fused-ring (bicyclic) bond motifs is 2. The minimum atomic E-state index is -0.441. The third-order valence-corrected chi connectivity index (χ3v) is 7.43. The van der Waals surface area contributed by atoms with Crippen LogP contribution in [0.1, 0.15) is 67.9 Å². The van der Waals surface area contributed by atoms with Crippen LogP contribution in [0.15, 0.2) is 48.5 Å². The summed E-state index contributed by atoms with van der Waals surface area (Å²) in [5.74, 6) is 0.518. The van der Waals surface area contributed by atoms with Crippen molar-refractivity contribution in [3.8, 4) is 0 Å². The van der Waals surface area contributed by atoms with Crippen molar-refractivity contribution in [3.63, 3.8) is 0 Å². The van der Waals surface area contributed by atoms with Crippen LogP contribution in [0.4, 0.5) is 5.69 Å². The summed E-state index contributed by atoms with van der Waals surface area (Å²) >= 11 is 6.25. The van der Waals surface area contributed by atoms with E-state index in [2.05, 4.69) is 22.0 Å². The smallest absolute Gasteiger partial charge is 0.248 e. The Morgan fingerprint density at radius 2 is 1.94 bits per heavy atom.